The lowest BCUT2D eigenvalue weighted by Gasteiger charge is -2.06. The number of fused-ring (bicyclic) bond motifs is 3. The smallest absolute Gasteiger partial charge is 0.116 e. The largest absolute Gasteiger partial charge is 0.508 e. The van der Waals surface area contributed by atoms with Crippen molar-refractivity contribution in [3.8, 4) is 5.75 Å². The number of halogens is 1. The van der Waals surface area contributed by atoms with Crippen LogP contribution in [0, 0.1) is 6.92 Å². The molecule has 0 aliphatic heterocycles. The molecule has 0 spiro atoms. The van der Waals surface area contributed by atoms with Gasteiger partial charge in [-0.1, -0.05) is 18.2 Å². The molecule has 0 saturated heterocycles. The second-order valence-electron chi connectivity index (χ2n) is 3.94. The fourth-order valence-corrected chi connectivity index (χ4v) is 2.11. The van der Waals surface area contributed by atoms with Gasteiger partial charge in [-0.05, 0) is 36.6 Å². The van der Waals surface area contributed by atoms with E-state index in [1.807, 2.05) is 31.2 Å². The number of phenolic OH excluding ortho intramolecular Hbond substituents is 1. The minimum Gasteiger partial charge on any atom is -0.508 e. The van der Waals surface area contributed by atoms with E-state index in [1.165, 1.54) is 0 Å². The van der Waals surface area contributed by atoms with Gasteiger partial charge in [0.2, 0.25) is 0 Å². The van der Waals surface area contributed by atoms with Crippen LogP contribution in [0.3, 0.4) is 0 Å². The van der Waals surface area contributed by atoms with Crippen molar-refractivity contribution in [3.05, 3.63) is 48.2 Å². The molecule has 0 atom stereocenters. The summed E-state index contributed by atoms with van der Waals surface area (Å²) in [4.78, 5) is 4.53. The van der Waals surface area contributed by atoms with E-state index in [9.17, 15) is 5.11 Å². The van der Waals surface area contributed by atoms with E-state index in [-0.39, 0.29) is 18.2 Å². The van der Waals surface area contributed by atoms with E-state index in [2.05, 4.69) is 11.1 Å². The van der Waals surface area contributed by atoms with Crippen molar-refractivity contribution in [2.45, 2.75) is 6.92 Å². The van der Waals surface area contributed by atoms with Crippen molar-refractivity contribution in [1.82, 2.24) is 4.98 Å². The first-order valence-electron chi connectivity index (χ1n) is 5.24. The third-order valence-corrected chi connectivity index (χ3v) is 2.88. The maximum atomic E-state index is 9.50. The average Bonchev–Trinajstić information content (AvgIpc) is 2.29. The highest BCUT2D eigenvalue weighted by atomic mass is 35.5. The first kappa shape index (κ1) is 11.7. The quantitative estimate of drug-likeness (QED) is 0.611. The highest BCUT2D eigenvalue weighted by Gasteiger charge is 2.05. The molecule has 0 saturated carbocycles. The number of para-hydroxylation sites is 1. The van der Waals surface area contributed by atoms with Crippen LogP contribution in [0.2, 0.25) is 0 Å². The van der Waals surface area contributed by atoms with Gasteiger partial charge in [0.05, 0.1) is 5.52 Å². The molecule has 0 amide bonds. The molecule has 0 fully saturated rings. The SMILES string of the molecule is Cc1nc2ccccc2c2ccc(O)cc12.Cl. The van der Waals surface area contributed by atoms with Gasteiger partial charge in [-0.15, -0.1) is 12.4 Å². The summed E-state index contributed by atoms with van der Waals surface area (Å²) >= 11 is 0. The normalized spacial score (nSPS) is 10.4. The molecule has 0 unspecified atom stereocenters. The highest BCUT2D eigenvalue weighted by molar-refractivity contribution is 6.06. The van der Waals surface area contributed by atoms with Crippen molar-refractivity contribution < 1.29 is 5.11 Å². The third kappa shape index (κ3) is 1.81. The van der Waals surface area contributed by atoms with Gasteiger partial charge < -0.3 is 5.11 Å². The maximum Gasteiger partial charge on any atom is 0.116 e. The minimum absolute atomic E-state index is 0. The molecule has 1 heterocycles. The zero-order chi connectivity index (χ0) is 11.1. The van der Waals surface area contributed by atoms with Crippen LogP contribution in [0.1, 0.15) is 5.69 Å². The van der Waals surface area contributed by atoms with Gasteiger partial charge in [0.1, 0.15) is 5.75 Å². The van der Waals surface area contributed by atoms with E-state index in [0.717, 1.165) is 27.4 Å². The topological polar surface area (TPSA) is 33.1 Å². The van der Waals surface area contributed by atoms with Crippen molar-refractivity contribution >= 4 is 34.1 Å². The first-order chi connectivity index (χ1) is 7.75. The molecular formula is C14H12ClNO. The van der Waals surface area contributed by atoms with Gasteiger partial charge in [-0.2, -0.15) is 0 Å². The molecule has 3 heteroatoms. The van der Waals surface area contributed by atoms with Crippen LogP contribution in [0.4, 0.5) is 0 Å². The molecule has 0 bridgehead atoms. The van der Waals surface area contributed by atoms with Crippen LogP contribution in [-0.2, 0) is 0 Å². The molecule has 1 N–H and O–H groups in total. The number of benzene rings is 2. The number of rotatable bonds is 0. The Balaban J connectivity index is 0.00000108. The Labute approximate surface area is 105 Å². The van der Waals surface area contributed by atoms with Crippen LogP contribution in [-0.4, -0.2) is 10.1 Å². The van der Waals surface area contributed by atoms with Crippen molar-refractivity contribution in [1.29, 1.82) is 0 Å². The van der Waals surface area contributed by atoms with Gasteiger partial charge in [-0.25, -0.2) is 0 Å². The maximum absolute atomic E-state index is 9.50. The van der Waals surface area contributed by atoms with Gasteiger partial charge >= 0.3 is 0 Å². The fraction of sp³-hybridized carbons (Fsp3) is 0.0714. The lowest BCUT2D eigenvalue weighted by molar-refractivity contribution is 0.476. The molecule has 17 heavy (non-hydrogen) atoms. The van der Waals surface area contributed by atoms with E-state index in [1.54, 1.807) is 12.1 Å². The Bertz CT molecular complexity index is 694. The van der Waals surface area contributed by atoms with Gasteiger partial charge in [0.25, 0.3) is 0 Å². The van der Waals surface area contributed by atoms with Crippen LogP contribution in [0.5, 0.6) is 5.75 Å². The molecule has 3 rings (SSSR count). The molecule has 3 aromatic rings. The molecule has 0 radical (unpaired) electrons. The zero-order valence-corrected chi connectivity index (χ0v) is 10.2. The number of hydrogen-bond donors (Lipinski definition) is 1. The monoisotopic (exact) mass is 245 g/mol. The average molecular weight is 246 g/mol. The van der Waals surface area contributed by atoms with Gasteiger partial charge in [0.15, 0.2) is 0 Å². The van der Waals surface area contributed by atoms with Crippen molar-refractivity contribution in [2.75, 3.05) is 0 Å². The van der Waals surface area contributed by atoms with Crippen LogP contribution in [0.25, 0.3) is 21.7 Å². The van der Waals surface area contributed by atoms with E-state index < -0.39 is 0 Å². The number of nitrogens with zero attached hydrogens (tertiary/aromatic N) is 1. The Morgan fingerprint density at radius 3 is 2.53 bits per heavy atom. The van der Waals surface area contributed by atoms with Gasteiger partial charge in [-0.3, -0.25) is 4.98 Å². The molecular weight excluding hydrogens is 234 g/mol. The number of hydrogen-bond acceptors (Lipinski definition) is 2. The zero-order valence-electron chi connectivity index (χ0n) is 9.34. The first-order valence-corrected chi connectivity index (χ1v) is 5.24. The second-order valence-corrected chi connectivity index (χ2v) is 3.94. The summed E-state index contributed by atoms with van der Waals surface area (Å²) in [7, 11) is 0. The summed E-state index contributed by atoms with van der Waals surface area (Å²) in [5.74, 6) is 0.285. The summed E-state index contributed by atoms with van der Waals surface area (Å²) < 4.78 is 0. The Hall–Kier alpha value is -1.80. The number of aryl methyl sites for hydroxylation is 1. The minimum atomic E-state index is 0. The molecule has 0 aliphatic rings. The predicted octanol–water partition coefficient (Wildman–Crippen LogP) is 3.82. The van der Waals surface area contributed by atoms with Gasteiger partial charge in [0, 0.05) is 16.5 Å². The number of pyridine rings is 1. The molecule has 1 aromatic heterocycles. The molecule has 2 nitrogen and oxygen atoms in total. The summed E-state index contributed by atoms with van der Waals surface area (Å²) in [5.41, 5.74) is 1.95. The number of aromatic nitrogens is 1. The molecule has 86 valence electrons. The second kappa shape index (κ2) is 4.22. The van der Waals surface area contributed by atoms with Crippen LogP contribution >= 0.6 is 12.4 Å². The summed E-state index contributed by atoms with van der Waals surface area (Å²) in [5, 5.41) is 12.8. The lowest BCUT2D eigenvalue weighted by atomic mass is 10.0. The van der Waals surface area contributed by atoms with E-state index >= 15 is 0 Å². The third-order valence-electron chi connectivity index (χ3n) is 2.88. The summed E-state index contributed by atoms with van der Waals surface area (Å²) in [6.45, 7) is 1.97. The fourth-order valence-electron chi connectivity index (χ4n) is 2.11. The summed E-state index contributed by atoms with van der Waals surface area (Å²) in [6.07, 6.45) is 0. The van der Waals surface area contributed by atoms with E-state index in [0.29, 0.717) is 0 Å². The highest BCUT2D eigenvalue weighted by Crippen LogP contribution is 2.28. The number of phenols is 1. The van der Waals surface area contributed by atoms with Crippen LogP contribution in [0.15, 0.2) is 42.5 Å². The molecule has 2 aromatic carbocycles. The summed E-state index contributed by atoms with van der Waals surface area (Å²) in [6, 6.07) is 13.5. The predicted molar refractivity (Wildman–Crippen MR) is 72.9 cm³/mol. The van der Waals surface area contributed by atoms with Crippen LogP contribution < -0.4 is 0 Å². The Morgan fingerprint density at radius 1 is 0.941 bits per heavy atom. The van der Waals surface area contributed by atoms with Crippen molar-refractivity contribution in [3.63, 3.8) is 0 Å². The standard InChI is InChI=1S/C14H11NO.ClH/c1-9-13-8-10(16)6-7-11(13)12-4-2-3-5-14(12)15-9;/h2-8,16H,1H3;1H. The Kier molecular flexibility index (Phi) is 2.90. The Morgan fingerprint density at radius 2 is 1.71 bits per heavy atom. The van der Waals surface area contributed by atoms with Crippen molar-refractivity contribution in [2.24, 2.45) is 0 Å². The number of aromatic hydroxyl groups is 1. The lowest BCUT2D eigenvalue weighted by Crippen LogP contribution is -1.87. The van der Waals surface area contributed by atoms with E-state index in [4.69, 9.17) is 0 Å². The molecule has 0 aliphatic carbocycles.